The standard InChI is InChI=1S/C15H17NO5/c17-13(16-9-15(14(18)19)6-3-7-15)12-8-20-10-4-1-2-5-11(10)21-12/h1-2,4-5,12H,3,6-9H2,(H,16,17)(H,18,19). The van der Waals surface area contributed by atoms with Gasteiger partial charge in [0.2, 0.25) is 6.10 Å². The molecule has 1 aromatic carbocycles. The third kappa shape index (κ3) is 2.53. The van der Waals surface area contributed by atoms with Gasteiger partial charge >= 0.3 is 5.97 Å². The number of carboxylic acids is 1. The molecular weight excluding hydrogens is 274 g/mol. The van der Waals surface area contributed by atoms with Gasteiger partial charge in [-0.25, -0.2) is 0 Å². The molecule has 21 heavy (non-hydrogen) atoms. The quantitative estimate of drug-likeness (QED) is 0.870. The lowest BCUT2D eigenvalue weighted by atomic mass is 9.69. The van der Waals surface area contributed by atoms with Crippen LogP contribution in [0.15, 0.2) is 24.3 Å². The van der Waals surface area contributed by atoms with Gasteiger partial charge in [0.05, 0.1) is 5.41 Å². The van der Waals surface area contributed by atoms with Crippen molar-refractivity contribution >= 4 is 11.9 Å². The number of hydrogen-bond donors (Lipinski definition) is 2. The van der Waals surface area contributed by atoms with Crippen molar-refractivity contribution in [1.82, 2.24) is 5.32 Å². The molecule has 0 bridgehead atoms. The lowest BCUT2D eigenvalue weighted by molar-refractivity contribution is -0.154. The van der Waals surface area contributed by atoms with Gasteiger partial charge in [0.15, 0.2) is 11.5 Å². The smallest absolute Gasteiger partial charge is 0.311 e. The number of rotatable bonds is 4. The number of nitrogens with one attached hydrogen (secondary N) is 1. The third-order valence-electron chi connectivity index (χ3n) is 4.17. The molecule has 6 heteroatoms. The second-order valence-electron chi connectivity index (χ2n) is 5.52. The van der Waals surface area contributed by atoms with E-state index in [1.54, 1.807) is 18.2 Å². The van der Waals surface area contributed by atoms with Gasteiger partial charge in [0.25, 0.3) is 5.91 Å². The number of carboxylic acid groups (broad SMARTS) is 1. The zero-order chi connectivity index (χ0) is 14.9. The maximum Gasteiger partial charge on any atom is 0.311 e. The molecule has 3 rings (SSSR count). The summed E-state index contributed by atoms with van der Waals surface area (Å²) in [4.78, 5) is 23.4. The molecule has 0 radical (unpaired) electrons. The van der Waals surface area contributed by atoms with E-state index in [1.165, 1.54) is 0 Å². The fraction of sp³-hybridized carbons (Fsp3) is 0.467. The van der Waals surface area contributed by atoms with E-state index in [9.17, 15) is 14.7 Å². The molecule has 1 unspecified atom stereocenters. The second kappa shape index (κ2) is 5.27. The molecule has 1 fully saturated rings. The first-order valence-electron chi connectivity index (χ1n) is 7.00. The van der Waals surface area contributed by atoms with Crippen LogP contribution in [-0.4, -0.2) is 36.2 Å². The Kier molecular flexibility index (Phi) is 3.45. The second-order valence-corrected chi connectivity index (χ2v) is 5.52. The van der Waals surface area contributed by atoms with E-state index < -0.39 is 17.5 Å². The summed E-state index contributed by atoms with van der Waals surface area (Å²) in [5, 5.41) is 11.9. The molecule has 1 amide bonds. The van der Waals surface area contributed by atoms with Crippen molar-refractivity contribution in [3.8, 4) is 11.5 Å². The first-order valence-corrected chi connectivity index (χ1v) is 7.00. The number of fused-ring (bicyclic) bond motifs is 1. The monoisotopic (exact) mass is 291 g/mol. The summed E-state index contributed by atoms with van der Waals surface area (Å²) in [6.45, 7) is 0.269. The Labute approximate surface area is 122 Å². The van der Waals surface area contributed by atoms with Crippen molar-refractivity contribution in [1.29, 1.82) is 0 Å². The van der Waals surface area contributed by atoms with Crippen molar-refractivity contribution in [2.45, 2.75) is 25.4 Å². The summed E-state index contributed by atoms with van der Waals surface area (Å²) in [6, 6.07) is 7.14. The fourth-order valence-corrected chi connectivity index (χ4v) is 2.59. The molecule has 0 spiro atoms. The zero-order valence-corrected chi connectivity index (χ0v) is 11.5. The van der Waals surface area contributed by atoms with Crippen LogP contribution in [0.5, 0.6) is 11.5 Å². The number of hydrogen-bond acceptors (Lipinski definition) is 4. The SMILES string of the molecule is O=C(NCC1(C(=O)O)CCC1)C1COc2ccccc2O1. The van der Waals surface area contributed by atoms with Crippen LogP contribution in [0.1, 0.15) is 19.3 Å². The minimum Gasteiger partial charge on any atom is -0.485 e. The lowest BCUT2D eigenvalue weighted by Gasteiger charge is -2.38. The van der Waals surface area contributed by atoms with Crippen LogP contribution in [0, 0.1) is 5.41 Å². The lowest BCUT2D eigenvalue weighted by Crippen LogP contribution is -2.51. The zero-order valence-electron chi connectivity index (χ0n) is 11.5. The van der Waals surface area contributed by atoms with Gasteiger partial charge in [-0.1, -0.05) is 18.6 Å². The average Bonchev–Trinajstić information content (AvgIpc) is 2.45. The highest BCUT2D eigenvalue weighted by Crippen LogP contribution is 2.40. The molecule has 1 saturated carbocycles. The van der Waals surface area contributed by atoms with Crippen LogP contribution in [0.2, 0.25) is 0 Å². The van der Waals surface area contributed by atoms with Crippen LogP contribution in [0.25, 0.3) is 0 Å². The van der Waals surface area contributed by atoms with Gasteiger partial charge in [-0.3, -0.25) is 9.59 Å². The van der Waals surface area contributed by atoms with Crippen LogP contribution in [0.4, 0.5) is 0 Å². The molecule has 2 N–H and O–H groups in total. The molecule has 112 valence electrons. The highest BCUT2D eigenvalue weighted by Gasteiger charge is 2.45. The predicted octanol–water partition coefficient (Wildman–Crippen LogP) is 1.20. The largest absolute Gasteiger partial charge is 0.485 e. The van der Waals surface area contributed by atoms with Gasteiger partial charge in [-0.15, -0.1) is 0 Å². The molecule has 0 saturated heterocycles. The minimum atomic E-state index is -0.847. The maximum absolute atomic E-state index is 12.1. The third-order valence-corrected chi connectivity index (χ3v) is 4.17. The molecule has 2 aliphatic rings. The molecule has 1 aromatic rings. The Morgan fingerprint density at radius 3 is 2.62 bits per heavy atom. The van der Waals surface area contributed by atoms with Gasteiger partial charge in [0, 0.05) is 6.54 Å². The summed E-state index contributed by atoms with van der Waals surface area (Å²) in [6.07, 6.45) is 1.35. The van der Waals surface area contributed by atoms with Crippen LogP contribution < -0.4 is 14.8 Å². The highest BCUT2D eigenvalue weighted by atomic mass is 16.6. The molecule has 1 atom stereocenters. The van der Waals surface area contributed by atoms with Crippen LogP contribution in [0.3, 0.4) is 0 Å². The van der Waals surface area contributed by atoms with Crippen LogP contribution >= 0.6 is 0 Å². The van der Waals surface area contributed by atoms with Crippen molar-refractivity contribution in [3.63, 3.8) is 0 Å². The van der Waals surface area contributed by atoms with E-state index in [1.807, 2.05) is 6.07 Å². The topological polar surface area (TPSA) is 84.9 Å². The predicted molar refractivity (Wildman–Crippen MR) is 73.3 cm³/mol. The summed E-state index contributed by atoms with van der Waals surface area (Å²) in [5.74, 6) is -0.0414. The number of ether oxygens (including phenoxy) is 2. The van der Waals surface area contributed by atoms with E-state index in [-0.39, 0.29) is 19.1 Å². The van der Waals surface area contributed by atoms with E-state index in [2.05, 4.69) is 5.32 Å². The molecule has 1 aliphatic heterocycles. The maximum atomic E-state index is 12.1. The number of benzene rings is 1. The molecule has 1 aliphatic carbocycles. The number of carbonyl (C=O) groups is 2. The average molecular weight is 291 g/mol. The summed E-state index contributed by atoms with van der Waals surface area (Å²) < 4.78 is 11.1. The van der Waals surface area contributed by atoms with Crippen molar-refractivity contribution < 1.29 is 24.2 Å². The normalized spacial score (nSPS) is 22.0. The fourth-order valence-electron chi connectivity index (χ4n) is 2.59. The molecule has 0 aromatic heterocycles. The Morgan fingerprint density at radius 1 is 1.29 bits per heavy atom. The number of amides is 1. The molecule has 1 heterocycles. The molecular formula is C15H17NO5. The Bertz CT molecular complexity index is 567. The van der Waals surface area contributed by atoms with Crippen molar-refractivity contribution in [2.24, 2.45) is 5.41 Å². The summed E-state index contributed by atoms with van der Waals surface area (Å²) in [5.41, 5.74) is -0.802. The highest BCUT2D eigenvalue weighted by molar-refractivity contribution is 5.83. The number of aliphatic carboxylic acids is 1. The first-order chi connectivity index (χ1) is 10.1. The van der Waals surface area contributed by atoms with Crippen LogP contribution in [-0.2, 0) is 9.59 Å². The minimum absolute atomic E-state index is 0.128. The number of para-hydroxylation sites is 2. The van der Waals surface area contributed by atoms with Crippen molar-refractivity contribution in [2.75, 3.05) is 13.2 Å². The summed E-state index contributed by atoms with van der Waals surface area (Å²) >= 11 is 0. The van der Waals surface area contributed by atoms with E-state index in [4.69, 9.17) is 9.47 Å². The van der Waals surface area contributed by atoms with E-state index in [0.29, 0.717) is 24.3 Å². The van der Waals surface area contributed by atoms with Gasteiger partial charge in [-0.2, -0.15) is 0 Å². The summed E-state index contributed by atoms with van der Waals surface area (Å²) in [7, 11) is 0. The molecule has 6 nitrogen and oxygen atoms in total. The van der Waals surface area contributed by atoms with E-state index >= 15 is 0 Å². The van der Waals surface area contributed by atoms with E-state index in [0.717, 1.165) is 6.42 Å². The Balaban J connectivity index is 1.59. The van der Waals surface area contributed by atoms with Crippen molar-refractivity contribution in [3.05, 3.63) is 24.3 Å². The van der Waals surface area contributed by atoms with Gasteiger partial charge in [-0.05, 0) is 25.0 Å². The van der Waals surface area contributed by atoms with Gasteiger partial charge in [0.1, 0.15) is 6.61 Å². The van der Waals surface area contributed by atoms with Gasteiger partial charge < -0.3 is 19.9 Å². The Hall–Kier alpha value is -2.24. The Morgan fingerprint density at radius 2 is 2.00 bits per heavy atom. The number of carbonyl (C=O) groups excluding carboxylic acids is 1. The first kappa shape index (κ1) is 13.7.